The molecule has 0 aromatic heterocycles. The van der Waals surface area contributed by atoms with Crippen molar-refractivity contribution in [3.8, 4) is 0 Å². The highest BCUT2D eigenvalue weighted by Crippen LogP contribution is 2.15. The minimum atomic E-state index is -0.852. The largest absolute Gasteiger partial charge is 0.439 e. The Balaban J connectivity index is 2.49. The summed E-state index contributed by atoms with van der Waals surface area (Å²) >= 11 is 0. The van der Waals surface area contributed by atoms with Crippen LogP contribution in [0.5, 0.6) is 0 Å². The first-order valence-electron chi connectivity index (χ1n) is 5.34. The molecule has 0 bridgehead atoms. The van der Waals surface area contributed by atoms with Gasteiger partial charge in [-0.05, 0) is 5.92 Å². The summed E-state index contributed by atoms with van der Waals surface area (Å²) in [4.78, 5) is 24.1. The number of ether oxygens (including phenoxy) is 1. The second-order valence-corrected chi connectivity index (χ2v) is 4.38. The van der Waals surface area contributed by atoms with E-state index in [2.05, 4.69) is 0 Å². The Morgan fingerprint density at radius 2 is 2.25 bits per heavy atom. The van der Waals surface area contributed by atoms with Crippen LogP contribution in [0.25, 0.3) is 0 Å². The van der Waals surface area contributed by atoms with Crippen molar-refractivity contribution in [2.45, 2.75) is 32.9 Å². The van der Waals surface area contributed by atoms with Crippen LogP contribution in [0, 0.1) is 5.92 Å². The Hall–Kier alpha value is -1.30. The SMILES string of the molecule is CC(C)CC(=O)OC1CCN(C)C(=O)N1O. The van der Waals surface area contributed by atoms with E-state index in [-0.39, 0.29) is 12.3 Å². The molecule has 0 saturated carbocycles. The lowest BCUT2D eigenvalue weighted by atomic mass is 10.1. The van der Waals surface area contributed by atoms with Crippen LogP contribution in [0.2, 0.25) is 0 Å². The van der Waals surface area contributed by atoms with E-state index in [1.807, 2.05) is 13.8 Å². The van der Waals surface area contributed by atoms with Gasteiger partial charge in [-0.3, -0.25) is 10.0 Å². The molecule has 2 amide bonds. The van der Waals surface area contributed by atoms with Gasteiger partial charge in [-0.25, -0.2) is 4.79 Å². The maximum Gasteiger partial charge on any atom is 0.346 e. The van der Waals surface area contributed by atoms with Gasteiger partial charge in [-0.2, -0.15) is 5.06 Å². The Morgan fingerprint density at radius 3 is 2.81 bits per heavy atom. The molecule has 16 heavy (non-hydrogen) atoms. The third kappa shape index (κ3) is 3.10. The van der Waals surface area contributed by atoms with Gasteiger partial charge in [0, 0.05) is 26.4 Å². The van der Waals surface area contributed by atoms with E-state index in [4.69, 9.17) is 4.74 Å². The first-order valence-corrected chi connectivity index (χ1v) is 5.34. The first kappa shape index (κ1) is 12.8. The second kappa shape index (κ2) is 5.16. The van der Waals surface area contributed by atoms with Crippen molar-refractivity contribution in [2.24, 2.45) is 5.92 Å². The van der Waals surface area contributed by atoms with Gasteiger partial charge >= 0.3 is 12.0 Å². The van der Waals surface area contributed by atoms with Gasteiger partial charge in [-0.15, -0.1) is 0 Å². The van der Waals surface area contributed by atoms with E-state index in [0.29, 0.717) is 18.0 Å². The number of amides is 2. The van der Waals surface area contributed by atoms with Gasteiger partial charge in [0.15, 0.2) is 0 Å². The summed E-state index contributed by atoms with van der Waals surface area (Å²) in [7, 11) is 1.58. The molecule has 1 N–H and O–H groups in total. The number of hydrogen-bond acceptors (Lipinski definition) is 4. The molecule has 1 aliphatic heterocycles. The molecule has 6 heteroatoms. The van der Waals surface area contributed by atoms with Gasteiger partial charge in [0.2, 0.25) is 6.23 Å². The Labute approximate surface area is 94.7 Å². The highest BCUT2D eigenvalue weighted by molar-refractivity contribution is 5.75. The number of hydrogen-bond donors (Lipinski definition) is 1. The highest BCUT2D eigenvalue weighted by Gasteiger charge is 2.33. The number of carbonyl (C=O) groups excluding carboxylic acids is 2. The minimum Gasteiger partial charge on any atom is -0.439 e. The molecule has 1 fully saturated rings. The molecule has 0 radical (unpaired) electrons. The molecule has 1 saturated heterocycles. The quantitative estimate of drug-likeness (QED) is 0.581. The van der Waals surface area contributed by atoms with Crippen LogP contribution in [0.15, 0.2) is 0 Å². The fourth-order valence-corrected chi connectivity index (χ4v) is 1.46. The molecule has 0 aromatic rings. The van der Waals surface area contributed by atoms with Crippen LogP contribution < -0.4 is 0 Å². The van der Waals surface area contributed by atoms with Crippen molar-refractivity contribution >= 4 is 12.0 Å². The standard InChI is InChI=1S/C10H18N2O4/c1-7(2)6-9(13)16-8-4-5-11(3)10(14)12(8)15/h7-8,15H,4-6H2,1-3H3. The lowest BCUT2D eigenvalue weighted by Crippen LogP contribution is -2.52. The molecule has 1 atom stereocenters. The maximum absolute atomic E-state index is 11.4. The number of rotatable bonds is 3. The van der Waals surface area contributed by atoms with Crippen molar-refractivity contribution in [1.82, 2.24) is 9.96 Å². The van der Waals surface area contributed by atoms with Crippen LogP contribution in [-0.2, 0) is 9.53 Å². The smallest absolute Gasteiger partial charge is 0.346 e. The zero-order valence-electron chi connectivity index (χ0n) is 9.84. The minimum absolute atomic E-state index is 0.196. The van der Waals surface area contributed by atoms with Crippen molar-refractivity contribution in [2.75, 3.05) is 13.6 Å². The lowest BCUT2D eigenvalue weighted by Gasteiger charge is -2.34. The van der Waals surface area contributed by atoms with Crippen molar-refractivity contribution in [1.29, 1.82) is 0 Å². The number of nitrogens with zero attached hydrogens (tertiary/aromatic N) is 2. The van der Waals surface area contributed by atoms with Crippen molar-refractivity contribution in [3.05, 3.63) is 0 Å². The topological polar surface area (TPSA) is 70.1 Å². The third-order valence-electron chi connectivity index (χ3n) is 2.35. The number of hydroxylamine groups is 2. The van der Waals surface area contributed by atoms with Crippen molar-refractivity contribution < 1.29 is 19.5 Å². The average molecular weight is 230 g/mol. The third-order valence-corrected chi connectivity index (χ3v) is 2.35. The summed E-state index contributed by atoms with van der Waals surface area (Å²) in [5, 5.41) is 9.93. The summed E-state index contributed by atoms with van der Waals surface area (Å²) in [5.41, 5.74) is 0. The molecule has 0 spiro atoms. The van der Waals surface area contributed by atoms with Gasteiger partial charge in [0.05, 0.1) is 0 Å². The zero-order chi connectivity index (χ0) is 12.3. The first-order chi connectivity index (χ1) is 7.41. The van der Waals surface area contributed by atoms with E-state index in [1.165, 1.54) is 4.90 Å². The zero-order valence-corrected chi connectivity index (χ0v) is 9.84. The molecule has 6 nitrogen and oxygen atoms in total. The maximum atomic E-state index is 11.4. The van der Waals surface area contributed by atoms with Crippen molar-refractivity contribution in [3.63, 3.8) is 0 Å². The summed E-state index contributed by atoms with van der Waals surface area (Å²) < 4.78 is 5.02. The normalized spacial score (nSPS) is 21.6. The van der Waals surface area contributed by atoms with Crippen LogP contribution >= 0.6 is 0 Å². The van der Waals surface area contributed by atoms with Gasteiger partial charge < -0.3 is 9.64 Å². The van der Waals surface area contributed by atoms with Gasteiger partial charge in [-0.1, -0.05) is 13.8 Å². The molecule has 92 valence electrons. The summed E-state index contributed by atoms with van der Waals surface area (Å²) in [6.07, 6.45) is -0.147. The predicted octanol–water partition coefficient (Wildman–Crippen LogP) is 1.05. The molecular weight excluding hydrogens is 212 g/mol. The van der Waals surface area contributed by atoms with Crippen LogP contribution in [0.3, 0.4) is 0 Å². The lowest BCUT2D eigenvalue weighted by molar-refractivity contribution is -0.204. The summed E-state index contributed by atoms with van der Waals surface area (Å²) in [5.74, 6) is -0.196. The van der Waals surface area contributed by atoms with E-state index in [0.717, 1.165) is 0 Å². The van der Waals surface area contributed by atoms with Crippen LogP contribution in [0.4, 0.5) is 4.79 Å². The molecule has 0 aromatic carbocycles. The van der Waals surface area contributed by atoms with E-state index in [9.17, 15) is 14.8 Å². The fraction of sp³-hybridized carbons (Fsp3) is 0.800. The fourth-order valence-electron chi connectivity index (χ4n) is 1.46. The van der Waals surface area contributed by atoms with E-state index in [1.54, 1.807) is 7.05 Å². The molecule has 0 aliphatic carbocycles. The number of urea groups is 1. The summed E-state index contributed by atoms with van der Waals surface area (Å²) in [6, 6.07) is -0.548. The Kier molecular flexibility index (Phi) is 4.12. The Bertz CT molecular complexity index is 280. The van der Waals surface area contributed by atoms with E-state index < -0.39 is 18.2 Å². The van der Waals surface area contributed by atoms with Gasteiger partial charge in [0.1, 0.15) is 0 Å². The number of carbonyl (C=O) groups is 2. The van der Waals surface area contributed by atoms with E-state index >= 15 is 0 Å². The van der Waals surface area contributed by atoms with Crippen LogP contribution in [0.1, 0.15) is 26.7 Å². The molecule has 1 heterocycles. The van der Waals surface area contributed by atoms with Crippen LogP contribution in [-0.4, -0.2) is 47.0 Å². The summed E-state index contributed by atoms with van der Waals surface area (Å²) in [6.45, 7) is 4.27. The predicted molar refractivity (Wildman–Crippen MR) is 55.6 cm³/mol. The average Bonchev–Trinajstić information content (AvgIpc) is 2.18. The second-order valence-electron chi connectivity index (χ2n) is 4.38. The molecule has 1 aliphatic rings. The highest BCUT2D eigenvalue weighted by atomic mass is 16.6. The molecule has 1 rings (SSSR count). The molecule has 1 unspecified atom stereocenters. The Morgan fingerprint density at radius 1 is 1.62 bits per heavy atom. The number of esters is 1. The molecular formula is C10H18N2O4. The van der Waals surface area contributed by atoms with Gasteiger partial charge in [0.25, 0.3) is 0 Å². The monoisotopic (exact) mass is 230 g/mol.